The number of allylic oxidation sites excluding steroid dienone is 4. The third kappa shape index (κ3) is 3.97. The lowest BCUT2D eigenvalue weighted by atomic mass is 9.86. The number of unbranched alkanes of at least 4 members (excludes halogenated alkanes) is 2. The Morgan fingerprint density at radius 3 is 1.91 bits per heavy atom. The van der Waals surface area contributed by atoms with Crippen LogP contribution in [-0.4, -0.2) is 0 Å². The van der Waals surface area contributed by atoms with Crippen LogP contribution in [0.5, 0.6) is 0 Å². The normalized spacial score (nSPS) is 18.2. The molecule has 0 aliphatic heterocycles. The van der Waals surface area contributed by atoms with Crippen molar-refractivity contribution < 1.29 is 0 Å². The molecule has 1 aromatic rings. The first-order valence-electron chi connectivity index (χ1n) is 9.79. The van der Waals surface area contributed by atoms with E-state index in [1.54, 1.807) is 22.3 Å². The smallest absolute Gasteiger partial charge is 0.00601 e. The van der Waals surface area contributed by atoms with Crippen LogP contribution in [0, 0.1) is 5.92 Å². The Morgan fingerprint density at radius 2 is 1.39 bits per heavy atom. The van der Waals surface area contributed by atoms with Crippen molar-refractivity contribution in [3.8, 4) is 0 Å². The first-order valence-corrected chi connectivity index (χ1v) is 9.79. The highest BCUT2D eigenvalue weighted by Crippen LogP contribution is 2.48. The van der Waals surface area contributed by atoms with E-state index in [4.69, 9.17) is 0 Å². The third-order valence-corrected chi connectivity index (χ3v) is 5.28. The lowest BCUT2D eigenvalue weighted by Gasteiger charge is -2.18. The third-order valence-electron chi connectivity index (χ3n) is 5.28. The fourth-order valence-corrected chi connectivity index (χ4v) is 4.16. The van der Waals surface area contributed by atoms with Gasteiger partial charge < -0.3 is 0 Å². The fraction of sp³-hybridized carbons (Fsp3) is 0.565. The van der Waals surface area contributed by atoms with Gasteiger partial charge in [-0.1, -0.05) is 76.4 Å². The molecule has 1 aliphatic rings. The quantitative estimate of drug-likeness (QED) is 0.441. The van der Waals surface area contributed by atoms with Gasteiger partial charge in [-0.2, -0.15) is 0 Å². The van der Waals surface area contributed by atoms with Crippen molar-refractivity contribution >= 4 is 5.57 Å². The summed E-state index contributed by atoms with van der Waals surface area (Å²) in [7, 11) is 0. The van der Waals surface area contributed by atoms with E-state index >= 15 is 0 Å². The molecule has 0 nitrogen and oxygen atoms in total. The maximum Gasteiger partial charge on any atom is 0.00601 e. The Bertz CT molecular complexity index is 545. The highest BCUT2D eigenvalue weighted by atomic mass is 14.4. The van der Waals surface area contributed by atoms with Crippen molar-refractivity contribution in [2.24, 2.45) is 5.92 Å². The molecule has 0 spiro atoms. The monoisotopic (exact) mass is 310 g/mol. The van der Waals surface area contributed by atoms with Crippen LogP contribution in [0.25, 0.3) is 5.57 Å². The molecule has 0 radical (unpaired) electrons. The Morgan fingerprint density at radius 1 is 0.783 bits per heavy atom. The van der Waals surface area contributed by atoms with Crippen LogP contribution in [0.15, 0.2) is 47.1 Å². The summed E-state index contributed by atoms with van der Waals surface area (Å²) in [6.45, 7) is 9.34. The summed E-state index contributed by atoms with van der Waals surface area (Å²) in [6.07, 6.45) is 10.2. The molecule has 0 aromatic heterocycles. The molecule has 0 fully saturated rings. The van der Waals surface area contributed by atoms with Gasteiger partial charge in [-0.25, -0.2) is 0 Å². The van der Waals surface area contributed by atoms with Gasteiger partial charge in [0.2, 0.25) is 0 Å². The van der Waals surface area contributed by atoms with E-state index in [-0.39, 0.29) is 0 Å². The van der Waals surface area contributed by atoms with Crippen LogP contribution in [0.4, 0.5) is 0 Å². The van der Waals surface area contributed by atoms with E-state index in [9.17, 15) is 0 Å². The first-order chi connectivity index (χ1) is 11.3. The molecule has 126 valence electrons. The molecule has 0 amide bonds. The second-order valence-electron chi connectivity index (χ2n) is 6.78. The van der Waals surface area contributed by atoms with E-state index in [2.05, 4.69) is 58.0 Å². The molecule has 0 bridgehead atoms. The van der Waals surface area contributed by atoms with E-state index in [1.165, 1.54) is 56.9 Å². The van der Waals surface area contributed by atoms with Gasteiger partial charge in [-0.05, 0) is 60.8 Å². The molecule has 0 saturated carbocycles. The zero-order valence-electron chi connectivity index (χ0n) is 15.6. The number of rotatable bonds is 9. The van der Waals surface area contributed by atoms with E-state index in [1.807, 2.05) is 0 Å². The van der Waals surface area contributed by atoms with Crippen molar-refractivity contribution in [3.63, 3.8) is 0 Å². The highest BCUT2D eigenvalue weighted by molar-refractivity contribution is 5.80. The molecular weight excluding hydrogens is 276 g/mol. The van der Waals surface area contributed by atoms with Crippen LogP contribution < -0.4 is 0 Å². The number of hydrogen-bond acceptors (Lipinski definition) is 0. The molecule has 1 atom stereocenters. The summed E-state index contributed by atoms with van der Waals surface area (Å²) in [5.74, 6) is 0.654. The average Bonchev–Trinajstić information content (AvgIpc) is 2.91. The van der Waals surface area contributed by atoms with Crippen molar-refractivity contribution in [1.29, 1.82) is 0 Å². The van der Waals surface area contributed by atoms with Gasteiger partial charge in [0.1, 0.15) is 0 Å². The van der Waals surface area contributed by atoms with Crippen LogP contribution in [0.3, 0.4) is 0 Å². The summed E-state index contributed by atoms with van der Waals surface area (Å²) >= 11 is 0. The maximum absolute atomic E-state index is 2.36. The molecule has 0 saturated heterocycles. The molecular formula is C23H34. The van der Waals surface area contributed by atoms with Crippen molar-refractivity contribution in [2.45, 2.75) is 79.1 Å². The van der Waals surface area contributed by atoms with Gasteiger partial charge in [0.15, 0.2) is 0 Å². The maximum atomic E-state index is 2.36. The molecule has 1 aliphatic carbocycles. The second-order valence-corrected chi connectivity index (χ2v) is 6.78. The molecule has 1 unspecified atom stereocenters. The van der Waals surface area contributed by atoms with Crippen LogP contribution in [0.2, 0.25) is 0 Å². The summed E-state index contributed by atoms with van der Waals surface area (Å²) in [6, 6.07) is 11.2. The molecule has 1 aromatic carbocycles. The minimum Gasteiger partial charge on any atom is -0.0654 e. The van der Waals surface area contributed by atoms with E-state index in [0.29, 0.717) is 5.92 Å². The zero-order chi connectivity index (χ0) is 16.7. The second kappa shape index (κ2) is 9.11. The predicted octanol–water partition coefficient (Wildman–Crippen LogP) is 7.57. The summed E-state index contributed by atoms with van der Waals surface area (Å²) in [4.78, 5) is 0. The number of hydrogen-bond donors (Lipinski definition) is 0. The predicted molar refractivity (Wildman–Crippen MR) is 104 cm³/mol. The van der Waals surface area contributed by atoms with Crippen molar-refractivity contribution in [2.75, 3.05) is 0 Å². The van der Waals surface area contributed by atoms with Gasteiger partial charge in [0.05, 0.1) is 0 Å². The first kappa shape index (κ1) is 18.0. The van der Waals surface area contributed by atoms with Crippen LogP contribution in [-0.2, 0) is 0 Å². The van der Waals surface area contributed by atoms with Crippen molar-refractivity contribution in [3.05, 3.63) is 52.6 Å². The van der Waals surface area contributed by atoms with Gasteiger partial charge >= 0.3 is 0 Å². The Balaban J connectivity index is 2.51. The van der Waals surface area contributed by atoms with Gasteiger partial charge in [-0.3, -0.25) is 0 Å². The molecule has 0 heteroatoms. The average molecular weight is 311 g/mol. The minimum absolute atomic E-state index is 0.654. The van der Waals surface area contributed by atoms with E-state index in [0.717, 1.165) is 0 Å². The largest absolute Gasteiger partial charge is 0.0654 e. The van der Waals surface area contributed by atoms with Crippen LogP contribution in [0.1, 0.15) is 84.6 Å². The van der Waals surface area contributed by atoms with Gasteiger partial charge in [0.25, 0.3) is 0 Å². The standard InChI is InChI=1S/C23H34/c1-5-9-16-21-19(7-3)20(8-4)23(22(21)17-10-6-2)18-14-12-11-13-15-18/h11-15,20H,5-10,16-17H2,1-4H3. The highest BCUT2D eigenvalue weighted by Gasteiger charge is 2.31. The minimum atomic E-state index is 0.654. The lowest BCUT2D eigenvalue weighted by Crippen LogP contribution is -2.02. The molecule has 23 heavy (non-hydrogen) atoms. The molecule has 0 N–H and O–H groups in total. The van der Waals surface area contributed by atoms with Gasteiger partial charge in [0, 0.05) is 5.92 Å². The Labute approximate surface area is 143 Å². The Kier molecular flexibility index (Phi) is 7.15. The van der Waals surface area contributed by atoms with E-state index < -0.39 is 0 Å². The summed E-state index contributed by atoms with van der Waals surface area (Å²) < 4.78 is 0. The topological polar surface area (TPSA) is 0 Å². The zero-order valence-corrected chi connectivity index (χ0v) is 15.6. The van der Waals surface area contributed by atoms with Crippen molar-refractivity contribution in [1.82, 2.24) is 0 Å². The van der Waals surface area contributed by atoms with Gasteiger partial charge in [-0.15, -0.1) is 0 Å². The Hall–Kier alpha value is -1.30. The van der Waals surface area contributed by atoms with Crippen LogP contribution >= 0.6 is 0 Å². The number of benzene rings is 1. The summed E-state index contributed by atoms with van der Waals surface area (Å²) in [5.41, 5.74) is 8.29. The fourth-order valence-electron chi connectivity index (χ4n) is 4.16. The lowest BCUT2D eigenvalue weighted by molar-refractivity contribution is 0.708. The summed E-state index contributed by atoms with van der Waals surface area (Å²) in [5, 5.41) is 0. The molecule has 0 heterocycles. The molecule has 2 rings (SSSR count). The SMILES string of the molecule is CCCCC1=C(CC)C(CC)C(c2ccccc2)=C1CCCC.